The molecule has 0 saturated carbocycles. The van der Waals surface area contributed by atoms with Crippen molar-refractivity contribution in [2.45, 2.75) is 6.42 Å². The van der Waals surface area contributed by atoms with Crippen molar-refractivity contribution in [2.24, 2.45) is 5.73 Å². The fourth-order valence-electron chi connectivity index (χ4n) is 1.23. The Kier molecular flexibility index (Phi) is 3.94. The van der Waals surface area contributed by atoms with Crippen LogP contribution in [0.1, 0.15) is 16.8 Å². The zero-order valence-electron chi connectivity index (χ0n) is 8.29. The molecule has 15 heavy (non-hydrogen) atoms. The summed E-state index contributed by atoms with van der Waals surface area (Å²) in [5.41, 5.74) is 5.44. The predicted octanol–water partition coefficient (Wildman–Crippen LogP) is 1.59. The molecule has 0 aliphatic rings. The van der Waals surface area contributed by atoms with Crippen molar-refractivity contribution >= 4 is 17.4 Å². The van der Waals surface area contributed by atoms with E-state index in [1.807, 2.05) is 0 Å². The summed E-state index contributed by atoms with van der Waals surface area (Å²) in [5.74, 6) is -0.354. The van der Waals surface area contributed by atoms with Gasteiger partial charge in [0.1, 0.15) is 0 Å². The molecule has 0 unspecified atom stereocenters. The number of ketones is 1. The van der Waals surface area contributed by atoms with Crippen LogP contribution in [0.4, 0.5) is 0 Å². The molecular weight excluding hydrogens is 218 g/mol. The molecule has 0 fully saturated rings. The molecule has 1 aromatic carbocycles. The lowest BCUT2D eigenvalue weighted by Crippen LogP contribution is -2.08. The third-order valence-electron chi connectivity index (χ3n) is 1.96. The number of Topliss-reactive ketones (excluding diaryl/α,β-unsaturated/α-hetero) is 1. The number of carbonyl (C=O) groups excluding carboxylic acids is 1. The SMILES string of the molecule is COc1c(Cl)ccc(C(=O)CCN)c1O. The number of benzene rings is 1. The second-order valence-electron chi connectivity index (χ2n) is 2.94. The number of phenols is 1. The van der Waals surface area contributed by atoms with E-state index in [2.05, 4.69) is 0 Å². The summed E-state index contributed by atoms with van der Waals surface area (Å²) in [4.78, 5) is 11.5. The van der Waals surface area contributed by atoms with Gasteiger partial charge in [0, 0.05) is 6.42 Å². The Hall–Kier alpha value is -1.26. The molecule has 82 valence electrons. The number of methoxy groups -OCH3 is 1. The quantitative estimate of drug-likeness (QED) is 0.769. The first kappa shape index (κ1) is 11.8. The van der Waals surface area contributed by atoms with Crippen molar-refractivity contribution in [3.63, 3.8) is 0 Å². The summed E-state index contributed by atoms with van der Waals surface area (Å²) >= 11 is 5.76. The van der Waals surface area contributed by atoms with E-state index in [0.29, 0.717) is 0 Å². The summed E-state index contributed by atoms with van der Waals surface area (Å²) in [6, 6.07) is 2.96. The van der Waals surface area contributed by atoms with Crippen LogP contribution < -0.4 is 10.5 Å². The van der Waals surface area contributed by atoms with E-state index in [4.69, 9.17) is 22.1 Å². The van der Waals surface area contributed by atoms with Crippen molar-refractivity contribution < 1.29 is 14.6 Å². The monoisotopic (exact) mass is 229 g/mol. The first-order valence-electron chi connectivity index (χ1n) is 4.40. The second-order valence-corrected chi connectivity index (χ2v) is 3.35. The van der Waals surface area contributed by atoms with Gasteiger partial charge in [0.15, 0.2) is 17.3 Å². The summed E-state index contributed by atoms with van der Waals surface area (Å²) in [5, 5.41) is 9.96. The maximum Gasteiger partial charge on any atom is 0.179 e. The fraction of sp³-hybridized carbons (Fsp3) is 0.300. The predicted molar refractivity (Wildman–Crippen MR) is 57.7 cm³/mol. The van der Waals surface area contributed by atoms with Crippen LogP contribution >= 0.6 is 11.6 Å². The number of ether oxygens (including phenoxy) is 1. The van der Waals surface area contributed by atoms with Crippen LogP contribution in [0.5, 0.6) is 11.5 Å². The van der Waals surface area contributed by atoms with Gasteiger partial charge >= 0.3 is 0 Å². The molecule has 0 aromatic heterocycles. The molecule has 0 heterocycles. The van der Waals surface area contributed by atoms with E-state index in [9.17, 15) is 9.90 Å². The van der Waals surface area contributed by atoms with Crippen LogP contribution in [-0.2, 0) is 0 Å². The summed E-state index contributed by atoms with van der Waals surface area (Å²) in [6.45, 7) is 0.239. The molecule has 1 rings (SSSR count). The van der Waals surface area contributed by atoms with Crippen LogP contribution in [0.15, 0.2) is 12.1 Å². The van der Waals surface area contributed by atoms with Gasteiger partial charge in [-0.3, -0.25) is 4.79 Å². The Bertz CT molecular complexity index is 379. The number of hydrogen-bond donors (Lipinski definition) is 2. The van der Waals surface area contributed by atoms with E-state index >= 15 is 0 Å². The topological polar surface area (TPSA) is 72.5 Å². The third kappa shape index (κ3) is 2.40. The lowest BCUT2D eigenvalue weighted by Gasteiger charge is -2.09. The van der Waals surface area contributed by atoms with Crippen molar-refractivity contribution in [2.75, 3.05) is 13.7 Å². The van der Waals surface area contributed by atoms with Crippen molar-refractivity contribution in [1.82, 2.24) is 0 Å². The maximum atomic E-state index is 11.5. The van der Waals surface area contributed by atoms with Crippen LogP contribution in [-0.4, -0.2) is 24.5 Å². The average Bonchev–Trinajstić information content (AvgIpc) is 2.18. The molecule has 0 spiro atoms. The fourth-order valence-corrected chi connectivity index (χ4v) is 1.46. The highest BCUT2D eigenvalue weighted by Crippen LogP contribution is 2.37. The Morgan fingerprint density at radius 2 is 2.27 bits per heavy atom. The smallest absolute Gasteiger partial charge is 0.179 e. The minimum absolute atomic E-state index is 0.111. The van der Waals surface area contributed by atoms with Gasteiger partial charge in [-0.2, -0.15) is 0 Å². The normalized spacial score (nSPS) is 10.1. The third-order valence-corrected chi connectivity index (χ3v) is 2.26. The number of aromatic hydroxyl groups is 1. The van der Waals surface area contributed by atoms with Gasteiger partial charge in [-0.25, -0.2) is 0 Å². The summed E-state index contributed by atoms with van der Waals surface area (Å²) < 4.78 is 4.88. The molecular formula is C10H12ClNO3. The molecule has 3 N–H and O–H groups in total. The highest BCUT2D eigenvalue weighted by atomic mass is 35.5. The zero-order valence-corrected chi connectivity index (χ0v) is 9.04. The molecule has 0 aliphatic heterocycles. The van der Waals surface area contributed by atoms with Gasteiger partial charge in [0.25, 0.3) is 0 Å². The van der Waals surface area contributed by atoms with Crippen LogP contribution in [0, 0.1) is 0 Å². The van der Waals surface area contributed by atoms with Gasteiger partial charge in [-0.15, -0.1) is 0 Å². The molecule has 0 saturated heterocycles. The largest absolute Gasteiger partial charge is 0.504 e. The average molecular weight is 230 g/mol. The van der Waals surface area contributed by atoms with E-state index in [1.165, 1.54) is 19.2 Å². The number of carbonyl (C=O) groups is 1. The van der Waals surface area contributed by atoms with Crippen molar-refractivity contribution in [3.8, 4) is 11.5 Å². The highest BCUT2D eigenvalue weighted by molar-refractivity contribution is 6.32. The molecule has 0 atom stereocenters. The zero-order chi connectivity index (χ0) is 11.4. The number of hydrogen-bond acceptors (Lipinski definition) is 4. The minimum Gasteiger partial charge on any atom is -0.504 e. The molecule has 5 heteroatoms. The molecule has 0 amide bonds. The Morgan fingerprint density at radius 1 is 1.60 bits per heavy atom. The Morgan fingerprint density at radius 3 is 2.80 bits per heavy atom. The minimum atomic E-state index is -0.233. The number of nitrogens with two attached hydrogens (primary N) is 1. The van der Waals surface area contributed by atoms with Gasteiger partial charge in [0.05, 0.1) is 17.7 Å². The molecule has 1 aromatic rings. The summed E-state index contributed by atoms with van der Waals surface area (Å²) in [7, 11) is 1.37. The highest BCUT2D eigenvalue weighted by Gasteiger charge is 2.16. The Balaban J connectivity index is 3.15. The Labute approximate surface area is 92.6 Å². The standard InChI is InChI=1S/C10H12ClNO3/c1-15-10-7(11)3-2-6(9(10)14)8(13)4-5-12/h2-3,14H,4-5,12H2,1H3. The lowest BCUT2D eigenvalue weighted by molar-refractivity contribution is 0.0982. The second kappa shape index (κ2) is 5.00. The number of rotatable bonds is 4. The number of halogens is 1. The van der Waals surface area contributed by atoms with E-state index in [-0.39, 0.29) is 40.8 Å². The van der Waals surface area contributed by atoms with Crippen molar-refractivity contribution in [3.05, 3.63) is 22.7 Å². The summed E-state index contributed by atoms with van der Waals surface area (Å²) in [6.07, 6.45) is 0.179. The van der Waals surface area contributed by atoms with E-state index in [0.717, 1.165) is 0 Å². The van der Waals surface area contributed by atoms with Crippen LogP contribution in [0.3, 0.4) is 0 Å². The van der Waals surface area contributed by atoms with E-state index in [1.54, 1.807) is 0 Å². The lowest BCUT2D eigenvalue weighted by atomic mass is 10.1. The van der Waals surface area contributed by atoms with Gasteiger partial charge in [-0.05, 0) is 18.7 Å². The van der Waals surface area contributed by atoms with Crippen molar-refractivity contribution in [1.29, 1.82) is 0 Å². The molecule has 4 nitrogen and oxygen atoms in total. The molecule has 0 bridgehead atoms. The van der Waals surface area contributed by atoms with Crippen LogP contribution in [0.25, 0.3) is 0 Å². The number of phenolic OH excluding ortho intramolecular Hbond substituents is 1. The van der Waals surface area contributed by atoms with Gasteiger partial charge < -0.3 is 15.6 Å². The maximum absolute atomic E-state index is 11.5. The van der Waals surface area contributed by atoms with Gasteiger partial charge in [-0.1, -0.05) is 11.6 Å². The molecule has 0 radical (unpaired) electrons. The van der Waals surface area contributed by atoms with Crippen LogP contribution in [0.2, 0.25) is 5.02 Å². The first-order chi connectivity index (χ1) is 7.11. The molecule has 0 aliphatic carbocycles. The van der Waals surface area contributed by atoms with E-state index < -0.39 is 0 Å². The van der Waals surface area contributed by atoms with Gasteiger partial charge in [0.2, 0.25) is 0 Å². The first-order valence-corrected chi connectivity index (χ1v) is 4.78.